The van der Waals surface area contributed by atoms with E-state index >= 15 is 0 Å². The van der Waals surface area contributed by atoms with Gasteiger partial charge in [0, 0.05) is 23.3 Å². The van der Waals surface area contributed by atoms with Crippen molar-refractivity contribution >= 4 is 22.6 Å². The highest BCUT2D eigenvalue weighted by Gasteiger charge is 2.17. The van der Waals surface area contributed by atoms with Gasteiger partial charge in [0.15, 0.2) is 11.6 Å². The van der Waals surface area contributed by atoms with Gasteiger partial charge < -0.3 is 5.32 Å². The second-order valence-electron chi connectivity index (χ2n) is 6.93. The molecule has 30 heavy (non-hydrogen) atoms. The first-order chi connectivity index (χ1) is 14.4. The topological polar surface area (TPSA) is 64.0 Å². The fourth-order valence-corrected chi connectivity index (χ4v) is 3.16. The number of carbonyl (C=O) groups excluding carboxylic acids is 1. The molecule has 1 amide bonds. The van der Waals surface area contributed by atoms with Gasteiger partial charge in [-0.2, -0.15) is 0 Å². The SMILES string of the molecule is Cc1ccc(Cn2c(=O)c(C(=O)Nc3ccc(F)c(F)c3)cc3cccnc32)cc1. The number of fused-ring (bicyclic) bond motifs is 1. The van der Waals surface area contributed by atoms with Crippen LogP contribution < -0.4 is 10.9 Å². The van der Waals surface area contributed by atoms with Gasteiger partial charge >= 0.3 is 0 Å². The molecule has 0 bridgehead atoms. The Morgan fingerprint density at radius 3 is 2.53 bits per heavy atom. The standard InChI is InChI=1S/C23H17F2N3O2/c1-14-4-6-15(7-5-14)13-28-21-16(3-2-10-26-21)11-18(23(28)30)22(29)27-17-8-9-19(24)20(25)12-17/h2-12H,13H2,1H3,(H,27,29). The largest absolute Gasteiger partial charge is 0.322 e. The van der Waals surface area contributed by atoms with Crippen LogP contribution in [0.25, 0.3) is 11.0 Å². The zero-order valence-corrected chi connectivity index (χ0v) is 16.0. The average Bonchev–Trinajstić information content (AvgIpc) is 2.74. The van der Waals surface area contributed by atoms with Crippen molar-refractivity contribution < 1.29 is 13.6 Å². The number of hydrogen-bond acceptors (Lipinski definition) is 3. The van der Waals surface area contributed by atoms with Gasteiger partial charge in [-0.05, 0) is 42.8 Å². The number of aryl methyl sites for hydroxylation is 1. The Labute approximate surface area is 170 Å². The molecular weight excluding hydrogens is 388 g/mol. The highest BCUT2D eigenvalue weighted by Crippen LogP contribution is 2.16. The summed E-state index contributed by atoms with van der Waals surface area (Å²) in [5, 5.41) is 3.06. The lowest BCUT2D eigenvalue weighted by molar-refractivity contribution is 0.102. The van der Waals surface area contributed by atoms with Crippen LogP contribution in [0, 0.1) is 18.6 Å². The van der Waals surface area contributed by atoms with E-state index < -0.39 is 23.1 Å². The predicted molar refractivity (Wildman–Crippen MR) is 111 cm³/mol. The third kappa shape index (κ3) is 3.82. The number of pyridine rings is 2. The monoisotopic (exact) mass is 405 g/mol. The lowest BCUT2D eigenvalue weighted by atomic mass is 10.1. The van der Waals surface area contributed by atoms with E-state index in [2.05, 4.69) is 10.3 Å². The molecule has 0 aliphatic carbocycles. The van der Waals surface area contributed by atoms with E-state index in [1.807, 2.05) is 31.2 Å². The number of rotatable bonds is 4. The maximum absolute atomic E-state index is 13.5. The third-order valence-electron chi connectivity index (χ3n) is 4.73. The number of halogens is 2. The van der Waals surface area contributed by atoms with Crippen molar-refractivity contribution in [2.45, 2.75) is 13.5 Å². The Hall–Kier alpha value is -3.87. The summed E-state index contributed by atoms with van der Waals surface area (Å²) in [6.45, 7) is 2.20. The Morgan fingerprint density at radius 2 is 1.80 bits per heavy atom. The van der Waals surface area contributed by atoms with E-state index in [9.17, 15) is 18.4 Å². The fourth-order valence-electron chi connectivity index (χ4n) is 3.16. The first-order valence-corrected chi connectivity index (χ1v) is 9.23. The molecule has 0 aliphatic rings. The number of nitrogens with one attached hydrogen (secondary N) is 1. The molecule has 0 fully saturated rings. The number of benzene rings is 2. The Bertz CT molecular complexity index is 1310. The van der Waals surface area contributed by atoms with E-state index in [-0.39, 0.29) is 17.8 Å². The quantitative estimate of drug-likeness (QED) is 0.551. The fraction of sp³-hybridized carbons (Fsp3) is 0.0870. The first-order valence-electron chi connectivity index (χ1n) is 9.23. The minimum absolute atomic E-state index is 0.0506. The molecule has 1 N–H and O–H groups in total. The van der Waals surface area contributed by atoms with Crippen molar-refractivity contribution in [3.63, 3.8) is 0 Å². The number of anilines is 1. The predicted octanol–water partition coefficient (Wildman–Crippen LogP) is 4.28. The highest BCUT2D eigenvalue weighted by atomic mass is 19.2. The zero-order chi connectivity index (χ0) is 21.3. The zero-order valence-electron chi connectivity index (χ0n) is 16.0. The molecule has 5 nitrogen and oxygen atoms in total. The number of carbonyl (C=O) groups is 1. The van der Waals surface area contributed by atoms with Crippen molar-refractivity contribution in [1.82, 2.24) is 9.55 Å². The normalized spacial score (nSPS) is 10.9. The smallest absolute Gasteiger partial charge is 0.265 e. The summed E-state index contributed by atoms with van der Waals surface area (Å²) in [4.78, 5) is 30.2. The van der Waals surface area contributed by atoms with Crippen molar-refractivity contribution in [3.8, 4) is 0 Å². The van der Waals surface area contributed by atoms with Crippen LogP contribution in [-0.4, -0.2) is 15.5 Å². The molecule has 0 unspecified atom stereocenters. The molecule has 150 valence electrons. The van der Waals surface area contributed by atoms with Crippen LogP contribution >= 0.6 is 0 Å². The second-order valence-corrected chi connectivity index (χ2v) is 6.93. The Morgan fingerprint density at radius 1 is 1.03 bits per heavy atom. The number of aromatic nitrogens is 2. The van der Waals surface area contributed by atoms with E-state index in [0.717, 1.165) is 23.3 Å². The molecule has 0 atom stereocenters. The van der Waals surface area contributed by atoms with Crippen molar-refractivity contribution in [2.75, 3.05) is 5.32 Å². The van der Waals surface area contributed by atoms with Crippen LogP contribution in [0.3, 0.4) is 0 Å². The van der Waals surface area contributed by atoms with Gasteiger partial charge in [-0.1, -0.05) is 29.8 Å². The molecule has 0 spiro atoms. The molecule has 4 aromatic rings. The maximum Gasteiger partial charge on any atom is 0.265 e. The number of hydrogen-bond donors (Lipinski definition) is 1. The average molecular weight is 405 g/mol. The van der Waals surface area contributed by atoms with Crippen LogP contribution in [-0.2, 0) is 6.54 Å². The van der Waals surface area contributed by atoms with Crippen molar-refractivity contribution in [2.24, 2.45) is 0 Å². The molecule has 0 aliphatic heterocycles. The van der Waals surface area contributed by atoms with Crippen LogP contribution in [0.15, 0.2) is 71.7 Å². The molecule has 0 saturated carbocycles. The van der Waals surface area contributed by atoms with Crippen LogP contribution in [0.2, 0.25) is 0 Å². The summed E-state index contributed by atoms with van der Waals surface area (Å²) in [6.07, 6.45) is 1.58. The van der Waals surface area contributed by atoms with Crippen molar-refractivity contribution in [1.29, 1.82) is 0 Å². The molecule has 0 saturated heterocycles. The lowest BCUT2D eigenvalue weighted by Crippen LogP contribution is -2.30. The number of amides is 1. The van der Waals surface area contributed by atoms with Gasteiger partial charge in [-0.25, -0.2) is 13.8 Å². The molecule has 7 heteroatoms. The Balaban J connectivity index is 1.77. The van der Waals surface area contributed by atoms with Gasteiger partial charge in [-0.15, -0.1) is 0 Å². The van der Waals surface area contributed by atoms with Crippen LogP contribution in [0.4, 0.5) is 14.5 Å². The Kier molecular flexibility index (Phi) is 5.10. The molecule has 0 radical (unpaired) electrons. The minimum Gasteiger partial charge on any atom is -0.322 e. The van der Waals surface area contributed by atoms with Crippen molar-refractivity contribution in [3.05, 3.63) is 106 Å². The highest BCUT2D eigenvalue weighted by molar-refractivity contribution is 6.05. The molecule has 2 heterocycles. The van der Waals surface area contributed by atoms with E-state index in [0.29, 0.717) is 11.0 Å². The van der Waals surface area contributed by atoms with Gasteiger partial charge in [0.25, 0.3) is 11.5 Å². The van der Waals surface area contributed by atoms with E-state index in [4.69, 9.17) is 0 Å². The maximum atomic E-state index is 13.5. The summed E-state index contributed by atoms with van der Waals surface area (Å²) in [5.41, 5.74) is 1.83. The third-order valence-corrected chi connectivity index (χ3v) is 4.73. The molecule has 4 rings (SSSR count). The summed E-state index contributed by atoms with van der Waals surface area (Å²) in [6, 6.07) is 15.6. The van der Waals surface area contributed by atoms with E-state index in [1.165, 1.54) is 16.7 Å². The molecular formula is C23H17F2N3O2. The van der Waals surface area contributed by atoms with Gasteiger partial charge in [0.2, 0.25) is 0 Å². The summed E-state index contributed by atoms with van der Waals surface area (Å²) < 4.78 is 28.0. The van der Waals surface area contributed by atoms with Crippen LogP contribution in [0.1, 0.15) is 21.5 Å². The lowest BCUT2D eigenvalue weighted by Gasteiger charge is -2.13. The van der Waals surface area contributed by atoms with Gasteiger partial charge in [0.1, 0.15) is 11.2 Å². The number of nitrogens with zero attached hydrogens (tertiary/aromatic N) is 2. The molecule has 2 aromatic carbocycles. The second kappa shape index (κ2) is 7.87. The van der Waals surface area contributed by atoms with Gasteiger partial charge in [-0.3, -0.25) is 14.2 Å². The first kappa shape index (κ1) is 19.4. The summed E-state index contributed by atoms with van der Waals surface area (Å²) in [5.74, 6) is -2.83. The summed E-state index contributed by atoms with van der Waals surface area (Å²) in [7, 11) is 0. The van der Waals surface area contributed by atoms with E-state index in [1.54, 1.807) is 18.3 Å². The minimum atomic E-state index is -1.09. The van der Waals surface area contributed by atoms with Gasteiger partial charge in [0.05, 0.1) is 6.54 Å². The summed E-state index contributed by atoms with van der Waals surface area (Å²) >= 11 is 0. The molecule has 2 aromatic heterocycles. The van der Waals surface area contributed by atoms with Crippen LogP contribution in [0.5, 0.6) is 0 Å².